The molecule has 1 aliphatic heterocycles. The molecule has 0 saturated carbocycles. The van der Waals surface area contributed by atoms with Crippen molar-refractivity contribution in [3.63, 3.8) is 0 Å². The predicted molar refractivity (Wildman–Crippen MR) is 98.1 cm³/mol. The van der Waals surface area contributed by atoms with Gasteiger partial charge in [-0.1, -0.05) is 60.7 Å². The second kappa shape index (κ2) is 8.02. The largest absolute Gasteiger partial charge is 0.352 e. The molecule has 2 aromatic rings. The molecule has 21 heavy (non-hydrogen) atoms. The number of hydrogen-bond donors (Lipinski definition) is 2. The smallest absolute Gasteiger partial charge is 0.191 e. The van der Waals surface area contributed by atoms with Crippen LogP contribution >= 0.6 is 24.0 Å². The lowest BCUT2D eigenvalue weighted by Crippen LogP contribution is -2.39. The molecule has 110 valence electrons. The lowest BCUT2D eigenvalue weighted by molar-refractivity contribution is 0.646. The normalized spacial score (nSPS) is 16.6. The van der Waals surface area contributed by atoms with Gasteiger partial charge in [0.25, 0.3) is 0 Å². The van der Waals surface area contributed by atoms with Crippen molar-refractivity contribution in [1.29, 1.82) is 0 Å². The second-order valence-corrected chi connectivity index (χ2v) is 5.06. The highest BCUT2D eigenvalue weighted by Crippen LogP contribution is 2.06. The Hall–Kier alpha value is -1.56. The molecule has 0 saturated heterocycles. The zero-order valence-corrected chi connectivity index (χ0v) is 14.2. The molecule has 0 bridgehead atoms. The summed E-state index contributed by atoms with van der Waals surface area (Å²) in [6.45, 7) is 1.65. The van der Waals surface area contributed by atoms with E-state index >= 15 is 0 Å². The lowest BCUT2D eigenvalue weighted by Gasteiger charge is -2.12. The molecule has 2 N–H and O–H groups in total. The summed E-state index contributed by atoms with van der Waals surface area (Å²) >= 11 is 0. The minimum atomic E-state index is 0. The van der Waals surface area contributed by atoms with Crippen LogP contribution in [0.3, 0.4) is 0 Å². The Kier molecular flexibility index (Phi) is 6.04. The first-order chi connectivity index (χ1) is 9.90. The van der Waals surface area contributed by atoms with Crippen LogP contribution in [0.5, 0.6) is 0 Å². The zero-order chi connectivity index (χ0) is 13.6. The molecular formula is C17H20IN3. The number of nitrogens with one attached hydrogen (secondary N) is 2. The number of guanidine groups is 1. The maximum atomic E-state index is 4.52. The standard InChI is InChI=1S/C17H19N3.HI/c1-3-7-14(8-4-1)11-16-13-19-17(20-16)18-12-15-9-5-2-6-10-15;/h1-10,16H,11-13H2,(H2,18,19,20);1H. The third-order valence-electron chi connectivity index (χ3n) is 3.44. The summed E-state index contributed by atoms with van der Waals surface area (Å²) in [5.74, 6) is 0.912. The average molecular weight is 393 g/mol. The third-order valence-corrected chi connectivity index (χ3v) is 3.44. The fourth-order valence-electron chi connectivity index (χ4n) is 2.39. The molecule has 0 fully saturated rings. The molecule has 1 atom stereocenters. The molecule has 1 unspecified atom stereocenters. The van der Waals surface area contributed by atoms with E-state index in [1.54, 1.807) is 0 Å². The summed E-state index contributed by atoms with van der Waals surface area (Å²) in [4.78, 5) is 4.52. The molecule has 3 rings (SSSR count). The molecule has 4 heteroatoms. The van der Waals surface area contributed by atoms with Gasteiger partial charge >= 0.3 is 0 Å². The summed E-state index contributed by atoms with van der Waals surface area (Å²) < 4.78 is 0. The Labute approximate surface area is 142 Å². The van der Waals surface area contributed by atoms with Gasteiger partial charge in [0, 0.05) is 6.54 Å². The summed E-state index contributed by atoms with van der Waals surface area (Å²) in [5, 5.41) is 6.80. The minimum absolute atomic E-state index is 0. The summed E-state index contributed by atoms with van der Waals surface area (Å²) in [5.41, 5.74) is 2.62. The molecule has 0 aliphatic carbocycles. The van der Waals surface area contributed by atoms with E-state index in [2.05, 4.69) is 70.2 Å². The number of rotatable bonds is 4. The average Bonchev–Trinajstić information content (AvgIpc) is 2.95. The third kappa shape index (κ3) is 4.74. The molecule has 3 nitrogen and oxygen atoms in total. The number of hydrogen-bond acceptors (Lipinski definition) is 3. The SMILES string of the molecule is I.c1ccc(CNC2=NCC(Cc3ccccc3)N2)cc1. The van der Waals surface area contributed by atoms with Crippen LogP contribution in [0.15, 0.2) is 65.7 Å². The van der Waals surface area contributed by atoms with Crippen LogP contribution < -0.4 is 10.6 Å². The fraction of sp³-hybridized carbons (Fsp3) is 0.235. The van der Waals surface area contributed by atoms with Crippen LogP contribution in [0.25, 0.3) is 0 Å². The molecule has 1 heterocycles. The van der Waals surface area contributed by atoms with Crippen molar-refractivity contribution >= 4 is 29.9 Å². The molecule has 0 aromatic heterocycles. The molecule has 2 aromatic carbocycles. The van der Waals surface area contributed by atoms with Crippen LogP contribution in [-0.2, 0) is 13.0 Å². The van der Waals surface area contributed by atoms with Gasteiger partial charge in [-0.15, -0.1) is 24.0 Å². The molecule has 0 radical (unpaired) electrons. The Balaban J connectivity index is 0.00000161. The monoisotopic (exact) mass is 393 g/mol. The van der Waals surface area contributed by atoms with Crippen LogP contribution in [0.2, 0.25) is 0 Å². The van der Waals surface area contributed by atoms with Gasteiger partial charge in [-0.2, -0.15) is 0 Å². The second-order valence-electron chi connectivity index (χ2n) is 5.06. The molecule has 1 aliphatic rings. The van der Waals surface area contributed by atoms with E-state index in [1.807, 2.05) is 6.07 Å². The minimum Gasteiger partial charge on any atom is -0.352 e. The van der Waals surface area contributed by atoms with Crippen molar-refractivity contribution in [3.8, 4) is 0 Å². The highest BCUT2D eigenvalue weighted by Gasteiger charge is 2.17. The zero-order valence-electron chi connectivity index (χ0n) is 11.8. The van der Waals surface area contributed by atoms with Crippen molar-refractivity contribution in [2.75, 3.05) is 6.54 Å². The van der Waals surface area contributed by atoms with Gasteiger partial charge < -0.3 is 10.6 Å². The fourth-order valence-corrected chi connectivity index (χ4v) is 2.39. The Morgan fingerprint density at radius 2 is 1.57 bits per heavy atom. The maximum Gasteiger partial charge on any atom is 0.191 e. The van der Waals surface area contributed by atoms with E-state index in [0.717, 1.165) is 25.5 Å². The van der Waals surface area contributed by atoms with Crippen LogP contribution in [0.1, 0.15) is 11.1 Å². The quantitative estimate of drug-likeness (QED) is 0.784. The van der Waals surface area contributed by atoms with Gasteiger partial charge in [-0.05, 0) is 17.5 Å². The number of halogens is 1. The van der Waals surface area contributed by atoms with E-state index in [4.69, 9.17) is 0 Å². The van der Waals surface area contributed by atoms with Crippen LogP contribution in [0, 0.1) is 0 Å². The van der Waals surface area contributed by atoms with E-state index in [1.165, 1.54) is 11.1 Å². The van der Waals surface area contributed by atoms with Gasteiger partial charge in [0.1, 0.15) is 0 Å². The predicted octanol–water partition coefficient (Wildman–Crippen LogP) is 2.96. The highest BCUT2D eigenvalue weighted by atomic mass is 127. The van der Waals surface area contributed by atoms with E-state index in [-0.39, 0.29) is 24.0 Å². The first kappa shape index (κ1) is 15.8. The molecule has 0 amide bonds. The topological polar surface area (TPSA) is 36.4 Å². The Morgan fingerprint density at radius 3 is 2.24 bits per heavy atom. The van der Waals surface area contributed by atoms with E-state index < -0.39 is 0 Å². The van der Waals surface area contributed by atoms with Gasteiger partial charge in [0.15, 0.2) is 5.96 Å². The summed E-state index contributed by atoms with van der Waals surface area (Å²) in [6.07, 6.45) is 1.01. The van der Waals surface area contributed by atoms with E-state index in [0.29, 0.717) is 6.04 Å². The van der Waals surface area contributed by atoms with Crippen molar-refractivity contribution in [2.45, 2.75) is 19.0 Å². The number of aliphatic imine (C=N–C) groups is 1. The Bertz CT molecular complexity index is 569. The van der Waals surface area contributed by atoms with Gasteiger partial charge in [0.05, 0.1) is 12.6 Å². The highest BCUT2D eigenvalue weighted by molar-refractivity contribution is 14.0. The Morgan fingerprint density at radius 1 is 0.952 bits per heavy atom. The van der Waals surface area contributed by atoms with Gasteiger partial charge in [-0.25, -0.2) is 0 Å². The first-order valence-corrected chi connectivity index (χ1v) is 7.03. The van der Waals surface area contributed by atoms with Crippen LogP contribution in [0.4, 0.5) is 0 Å². The summed E-state index contributed by atoms with van der Waals surface area (Å²) in [7, 11) is 0. The molecule has 0 spiro atoms. The van der Waals surface area contributed by atoms with E-state index in [9.17, 15) is 0 Å². The molecular weight excluding hydrogens is 373 g/mol. The van der Waals surface area contributed by atoms with Crippen molar-refractivity contribution in [1.82, 2.24) is 10.6 Å². The maximum absolute atomic E-state index is 4.52. The first-order valence-electron chi connectivity index (χ1n) is 7.03. The van der Waals surface area contributed by atoms with Crippen molar-refractivity contribution < 1.29 is 0 Å². The van der Waals surface area contributed by atoms with Gasteiger partial charge in [-0.3, -0.25) is 4.99 Å². The van der Waals surface area contributed by atoms with Gasteiger partial charge in [0.2, 0.25) is 0 Å². The summed E-state index contributed by atoms with van der Waals surface area (Å²) in [6, 6.07) is 21.3. The van der Waals surface area contributed by atoms with Crippen molar-refractivity contribution in [3.05, 3.63) is 71.8 Å². The lowest BCUT2D eigenvalue weighted by atomic mass is 10.1. The van der Waals surface area contributed by atoms with Crippen molar-refractivity contribution in [2.24, 2.45) is 4.99 Å². The van der Waals surface area contributed by atoms with Crippen LogP contribution in [-0.4, -0.2) is 18.5 Å². The number of nitrogens with zero attached hydrogens (tertiary/aromatic N) is 1. The number of benzene rings is 2.